The van der Waals surface area contributed by atoms with Gasteiger partial charge in [0.15, 0.2) is 0 Å². The predicted octanol–water partition coefficient (Wildman–Crippen LogP) is 5.38. The third-order valence-electron chi connectivity index (χ3n) is 5.99. The fraction of sp³-hybridized carbons (Fsp3) is 0.304. The molecule has 1 fully saturated rings. The van der Waals surface area contributed by atoms with Crippen LogP contribution < -0.4 is 10.6 Å². The van der Waals surface area contributed by atoms with E-state index in [0.29, 0.717) is 11.1 Å². The molecule has 0 atom stereocenters. The molecular weight excluding hydrogens is 403 g/mol. The first kappa shape index (κ1) is 19.7. The first-order chi connectivity index (χ1) is 14.8. The highest BCUT2D eigenvalue weighted by atomic mass is 19.4. The van der Waals surface area contributed by atoms with Crippen molar-refractivity contribution >= 4 is 33.6 Å². The summed E-state index contributed by atoms with van der Waals surface area (Å²) in [6.45, 7) is 1.75. The first-order valence-corrected chi connectivity index (χ1v) is 10.3. The molecule has 31 heavy (non-hydrogen) atoms. The van der Waals surface area contributed by atoms with Crippen LogP contribution in [0, 0.1) is 0 Å². The van der Waals surface area contributed by atoms with E-state index in [4.69, 9.17) is 5.73 Å². The zero-order valence-corrected chi connectivity index (χ0v) is 17.1. The number of aryl methyl sites for hydroxylation is 1. The summed E-state index contributed by atoms with van der Waals surface area (Å²) in [5, 5.41) is 1.66. The van der Waals surface area contributed by atoms with Gasteiger partial charge < -0.3 is 15.2 Å². The third-order valence-corrected chi connectivity index (χ3v) is 5.99. The maximum Gasteiger partial charge on any atom is 0.417 e. The lowest BCUT2D eigenvalue weighted by molar-refractivity contribution is -0.137. The second-order valence-corrected chi connectivity index (χ2v) is 8.00. The van der Waals surface area contributed by atoms with Gasteiger partial charge in [-0.1, -0.05) is 18.2 Å². The highest BCUT2D eigenvalue weighted by Crippen LogP contribution is 2.43. The number of nitrogen functional groups attached to an aromatic ring is 1. The lowest BCUT2D eigenvalue weighted by atomic mass is 9.95. The number of halogens is 3. The van der Waals surface area contributed by atoms with Gasteiger partial charge in [0.25, 0.3) is 0 Å². The van der Waals surface area contributed by atoms with Crippen LogP contribution in [0.5, 0.6) is 0 Å². The Labute approximate surface area is 177 Å². The normalized spacial score (nSPS) is 15.2. The Morgan fingerprint density at radius 1 is 0.968 bits per heavy atom. The van der Waals surface area contributed by atoms with Gasteiger partial charge in [0.05, 0.1) is 22.0 Å². The van der Waals surface area contributed by atoms with Gasteiger partial charge in [-0.3, -0.25) is 0 Å². The van der Waals surface area contributed by atoms with E-state index >= 15 is 0 Å². The molecule has 0 unspecified atom stereocenters. The highest BCUT2D eigenvalue weighted by molar-refractivity contribution is 6.16. The Bertz CT molecular complexity index is 1290. The lowest BCUT2D eigenvalue weighted by Gasteiger charge is -2.29. The quantitative estimate of drug-likeness (QED) is 0.468. The largest absolute Gasteiger partial charge is 0.417 e. The number of rotatable bonds is 2. The van der Waals surface area contributed by atoms with E-state index in [1.165, 1.54) is 18.6 Å². The van der Waals surface area contributed by atoms with Crippen LogP contribution in [0.1, 0.15) is 24.8 Å². The van der Waals surface area contributed by atoms with Crippen molar-refractivity contribution in [2.45, 2.75) is 25.4 Å². The molecule has 2 N–H and O–H groups in total. The van der Waals surface area contributed by atoms with Gasteiger partial charge in [0, 0.05) is 37.3 Å². The van der Waals surface area contributed by atoms with Gasteiger partial charge in [-0.2, -0.15) is 18.2 Å². The van der Waals surface area contributed by atoms with Gasteiger partial charge in [0.1, 0.15) is 5.82 Å². The Morgan fingerprint density at radius 3 is 2.45 bits per heavy atom. The molecule has 1 saturated heterocycles. The maximum absolute atomic E-state index is 13.8. The summed E-state index contributed by atoms with van der Waals surface area (Å²) in [5.41, 5.74) is 7.24. The smallest absolute Gasteiger partial charge is 0.368 e. The number of fused-ring (bicyclic) bond motifs is 3. The molecular formula is C23H22F3N5. The van der Waals surface area contributed by atoms with Gasteiger partial charge >= 0.3 is 6.18 Å². The van der Waals surface area contributed by atoms with Crippen LogP contribution in [-0.2, 0) is 13.2 Å². The minimum atomic E-state index is -4.47. The number of benzene rings is 2. The zero-order chi connectivity index (χ0) is 21.8. The number of nitrogens with two attached hydrogens (primary N) is 1. The second kappa shape index (κ2) is 7.14. The summed E-state index contributed by atoms with van der Waals surface area (Å²) in [6, 6.07) is 9.29. The van der Waals surface area contributed by atoms with Crippen LogP contribution >= 0.6 is 0 Å². The average Bonchev–Trinajstić information content (AvgIpc) is 3.14. The standard InChI is InChI=1S/C23H22F3N5/c1-30-12-9-15-19-18(28-22(27)29-21(19)31-10-5-2-6-11-31)13-16(20(15)30)14-7-3-4-8-17(14)23(24,25)26/h3-4,7-9,12-13H,2,5-6,10-11H2,1H3,(H2,27,28,29). The minimum Gasteiger partial charge on any atom is -0.368 e. The maximum atomic E-state index is 13.8. The fourth-order valence-electron chi connectivity index (χ4n) is 4.62. The summed E-state index contributed by atoms with van der Waals surface area (Å²) < 4.78 is 43.2. The molecule has 1 aliphatic rings. The monoisotopic (exact) mass is 425 g/mol. The topological polar surface area (TPSA) is 60.0 Å². The van der Waals surface area contributed by atoms with E-state index < -0.39 is 11.7 Å². The molecule has 5 rings (SSSR count). The van der Waals surface area contributed by atoms with Crippen LogP contribution in [0.3, 0.4) is 0 Å². The highest BCUT2D eigenvalue weighted by Gasteiger charge is 2.34. The Morgan fingerprint density at radius 2 is 1.71 bits per heavy atom. The Balaban J connectivity index is 1.86. The van der Waals surface area contributed by atoms with Gasteiger partial charge in [-0.15, -0.1) is 0 Å². The molecule has 3 heterocycles. The Hall–Kier alpha value is -3.29. The molecule has 0 amide bonds. The first-order valence-electron chi connectivity index (χ1n) is 10.3. The second-order valence-electron chi connectivity index (χ2n) is 8.00. The van der Waals surface area contributed by atoms with E-state index in [2.05, 4.69) is 14.9 Å². The summed E-state index contributed by atoms with van der Waals surface area (Å²) >= 11 is 0. The van der Waals surface area contributed by atoms with E-state index in [1.807, 2.05) is 23.9 Å². The average molecular weight is 425 g/mol. The number of hydrogen-bond acceptors (Lipinski definition) is 4. The molecule has 0 bridgehead atoms. The summed E-state index contributed by atoms with van der Waals surface area (Å²) in [5.74, 6) is 0.882. The molecule has 0 aliphatic carbocycles. The number of nitrogens with zero attached hydrogens (tertiary/aromatic N) is 4. The minimum absolute atomic E-state index is 0.124. The molecule has 1 aliphatic heterocycles. The molecule has 8 heteroatoms. The van der Waals surface area contributed by atoms with Crippen LogP contribution in [-0.4, -0.2) is 27.6 Å². The molecule has 0 saturated carbocycles. The van der Waals surface area contributed by atoms with Crippen molar-refractivity contribution in [1.29, 1.82) is 0 Å². The van der Waals surface area contributed by atoms with E-state index in [-0.39, 0.29) is 11.5 Å². The number of hydrogen-bond donors (Lipinski definition) is 1. The number of aromatic nitrogens is 3. The van der Waals surface area contributed by atoms with E-state index in [0.717, 1.165) is 54.1 Å². The molecule has 2 aromatic heterocycles. The molecule has 160 valence electrons. The van der Waals surface area contributed by atoms with Gasteiger partial charge in [-0.25, -0.2) is 4.98 Å². The van der Waals surface area contributed by atoms with E-state index in [9.17, 15) is 13.2 Å². The fourth-order valence-corrected chi connectivity index (χ4v) is 4.62. The zero-order valence-electron chi connectivity index (χ0n) is 17.1. The third kappa shape index (κ3) is 3.26. The number of alkyl halides is 3. The van der Waals surface area contributed by atoms with Crippen LogP contribution in [0.2, 0.25) is 0 Å². The van der Waals surface area contributed by atoms with E-state index in [1.54, 1.807) is 12.1 Å². The summed E-state index contributed by atoms with van der Waals surface area (Å²) in [7, 11) is 1.84. The molecule has 0 radical (unpaired) electrons. The summed E-state index contributed by atoms with van der Waals surface area (Å²) in [4.78, 5) is 11.2. The predicted molar refractivity (Wildman–Crippen MR) is 117 cm³/mol. The number of piperidine rings is 1. The van der Waals surface area contributed by atoms with Crippen LogP contribution in [0.15, 0.2) is 42.6 Å². The molecule has 0 spiro atoms. The molecule has 4 aromatic rings. The lowest BCUT2D eigenvalue weighted by Crippen LogP contribution is -2.30. The van der Waals surface area contributed by atoms with Crippen molar-refractivity contribution in [3.63, 3.8) is 0 Å². The molecule has 2 aromatic carbocycles. The van der Waals surface area contributed by atoms with Gasteiger partial charge in [0.2, 0.25) is 5.95 Å². The van der Waals surface area contributed by atoms with Crippen molar-refractivity contribution in [3.05, 3.63) is 48.2 Å². The molecule has 5 nitrogen and oxygen atoms in total. The SMILES string of the molecule is Cn1ccc2c3c(N4CCCCC4)nc(N)nc3cc(-c3ccccc3C(F)(F)F)c21. The van der Waals surface area contributed by atoms with Gasteiger partial charge in [-0.05, 0) is 43.0 Å². The van der Waals surface area contributed by atoms with Crippen molar-refractivity contribution < 1.29 is 13.2 Å². The van der Waals surface area contributed by atoms with Crippen molar-refractivity contribution in [1.82, 2.24) is 14.5 Å². The van der Waals surface area contributed by atoms with Crippen LogP contribution in [0.25, 0.3) is 32.9 Å². The van der Waals surface area contributed by atoms with Crippen molar-refractivity contribution in [2.24, 2.45) is 7.05 Å². The van der Waals surface area contributed by atoms with Crippen molar-refractivity contribution in [2.75, 3.05) is 23.7 Å². The van der Waals surface area contributed by atoms with Crippen LogP contribution in [0.4, 0.5) is 24.9 Å². The van der Waals surface area contributed by atoms with Crippen molar-refractivity contribution in [3.8, 4) is 11.1 Å². The number of anilines is 2. The summed E-state index contributed by atoms with van der Waals surface area (Å²) in [6.07, 6.45) is 0.710. The Kier molecular flexibility index (Phi) is 4.53.